The highest BCUT2D eigenvalue weighted by Crippen LogP contribution is 2.22. The number of hydrogen-bond acceptors (Lipinski definition) is 4. The van der Waals surface area contributed by atoms with Gasteiger partial charge < -0.3 is 19.9 Å². The highest BCUT2D eigenvalue weighted by Gasteiger charge is 2.30. The molecule has 1 N–H and O–H groups in total. The largest absolute Gasteiger partial charge is 0.497 e. The van der Waals surface area contributed by atoms with Crippen molar-refractivity contribution in [2.75, 3.05) is 56.6 Å². The molecule has 154 valence electrons. The predicted octanol–water partition coefficient (Wildman–Crippen LogP) is 3.51. The second-order valence-electron chi connectivity index (χ2n) is 7.76. The summed E-state index contributed by atoms with van der Waals surface area (Å²) in [5, 5.41) is 3.02. The van der Waals surface area contributed by atoms with E-state index < -0.39 is 0 Å². The second-order valence-corrected chi connectivity index (χ2v) is 7.76. The van der Waals surface area contributed by atoms with Gasteiger partial charge in [-0.15, -0.1) is 0 Å². The number of anilines is 2. The van der Waals surface area contributed by atoms with Gasteiger partial charge in [-0.3, -0.25) is 4.90 Å². The molecule has 6 nitrogen and oxygen atoms in total. The van der Waals surface area contributed by atoms with Gasteiger partial charge in [0, 0.05) is 62.8 Å². The van der Waals surface area contributed by atoms with Crippen molar-refractivity contribution in [3.05, 3.63) is 54.6 Å². The number of hydrogen-bond donors (Lipinski definition) is 1. The zero-order valence-corrected chi connectivity index (χ0v) is 17.1. The highest BCUT2D eigenvalue weighted by atomic mass is 16.5. The van der Waals surface area contributed by atoms with Crippen LogP contribution in [0.25, 0.3) is 0 Å². The summed E-state index contributed by atoms with van der Waals surface area (Å²) in [6, 6.07) is 18.6. The third-order valence-electron chi connectivity index (χ3n) is 5.96. The Balaban J connectivity index is 1.31. The van der Waals surface area contributed by atoms with E-state index >= 15 is 0 Å². The summed E-state index contributed by atoms with van der Waals surface area (Å²) in [5.74, 6) is 0.746. The van der Waals surface area contributed by atoms with E-state index in [0.717, 1.165) is 63.5 Å². The van der Waals surface area contributed by atoms with Crippen LogP contribution in [0.3, 0.4) is 0 Å². The third-order valence-corrected chi connectivity index (χ3v) is 5.96. The summed E-state index contributed by atoms with van der Waals surface area (Å²) in [6.07, 6.45) is 2.21. The summed E-state index contributed by atoms with van der Waals surface area (Å²) in [4.78, 5) is 19.7. The van der Waals surface area contributed by atoms with E-state index in [4.69, 9.17) is 4.74 Å². The number of likely N-dealkylation sites (tertiary alicyclic amines) is 1. The van der Waals surface area contributed by atoms with E-state index in [-0.39, 0.29) is 6.03 Å². The molecule has 2 heterocycles. The summed E-state index contributed by atoms with van der Waals surface area (Å²) in [7, 11) is 1.63. The molecule has 2 aliphatic heterocycles. The lowest BCUT2D eigenvalue weighted by Gasteiger charge is -2.43. The van der Waals surface area contributed by atoms with Crippen LogP contribution >= 0.6 is 0 Å². The minimum atomic E-state index is -0.0223. The molecule has 29 heavy (non-hydrogen) atoms. The number of nitrogens with zero attached hydrogens (tertiary/aromatic N) is 3. The maximum absolute atomic E-state index is 12.8. The number of rotatable bonds is 4. The SMILES string of the molecule is COc1cccc(NC(=O)N2CCCC(N3CCN(c4ccccc4)CC3)C2)c1. The molecular formula is C23H30N4O2. The number of amides is 2. The zero-order valence-electron chi connectivity index (χ0n) is 17.1. The fourth-order valence-corrected chi connectivity index (χ4v) is 4.32. The van der Waals surface area contributed by atoms with Crippen LogP contribution in [0.15, 0.2) is 54.6 Å². The molecule has 0 aliphatic carbocycles. The third kappa shape index (κ3) is 4.82. The minimum Gasteiger partial charge on any atom is -0.497 e. The van der Waals surface area contributed by atoms with Crippen molar-refractivity contribution in [3.63, 3.8) is 0 Å². The van der Waals surface area contributed by atoms with E-state index in [0.29, 0.717) is 6.04 Å². The molecule has 2 fully saturated rings. The van der Waals surface area contributed by atoms with Crippen molar-refractivity contribution in [3.8, 4) is 5.75 Å². The van der Waals surface area contributed by atoms with Crippen molar-refractivity contribution in [1.82, 2.24) is 9.80 Å². The first-order valence-electron chi connectivity index (χ1n) is 10.5. The van der Waals surface area contributed by atoms with Crippen molar-refractivity contribution in [1.29, 1.82) is 0 Å². The van der Waals surface area contributed by atoms with Crippen LogP contribution in [0.2, 0.25) is 0 Å². The van der Waals surface area contributed by atoms with Gasteiger partial charge in [0.15, 0.2) is 0 Å². The average molecular weight is 395 g/mol. The topological polar surface area (TPSA) is 48.1 Å². The van der Waals surface area contributed by atoms with Crippen molar-refractivity contribution >= 4 is 17.4 Å². The molecule has 0 radical (unpaired) electrons. The van der Waals surface area contributed by atoms with Crippen molar-refractivity contribution in [2.24, 2.45) is 0 Å². The lowest BCUT2D eigenvalue weighted by atomic mass is 10.0. The number of urea groups is 1. The van der Waals surface area contributed by atoms with Crippen LogP contribution in [0.5, 0.6) is 5.75 Å². The van der Waals surface area contributed by atoms with Gasteiger partial charge in [-0.25, -0.2) is 4.79 Å². The first kappa shape index (κ1) is 19.6. The van der Waals surface area contributed by atoms with Gasteiger partial charge in [0.05, 0.1) is 7.11 Å². The quantitative estimate of drug-likeness (QED) is 0.862. The van der Waals surface area contributed by atoms with E-state index in [1.54, 1.807) is 7.11 Å². The van der Waals surface area contributed by atoms with Crippen molar-refractivity contribution < 1.29 is 9.53 Å². The number of piperazine rings is 1. The molecule has 2 aromatic carbocycles. The standard InChI is InChI=1S/C23H30N4O2/c1-29-22-11-5-7-19(17-22)24-23(28)27-12-6-10-21(18-27)26-15-13-25(14-16-26)20-8-3-2-4-9-20/h2-5,7-9,11,17,21H,6,10,12-16,18H2,1H3,(H,24,28). The van der Waals surface area contributed by atoms with Crippen LogP contribution in [-0.4, -0.2) is 68.3 Å². The van der Waals surface area contributed by atoms with E-state index in [1.807, 2.05) is 29.2 Å². The molecular weight excluding hydrogens is 364 g/mol. The van der Waals surface area contributed by atoms with Gasteiger partial charge in [-0.05, 0) is 37.1 Å². The first-order chi connectivity index (χ1) is 14.2. The van der Waals surface area contributed by atoms with Gasteiger partial charge in [0.1, 0.15) is 5.75 Å². The normalized spacial score (nSPS) is 20.4. The summed E-state index contributed by atoms with van der Waals surface area (Å²) >= 11 is 0. The van der Waals surface area contributed by atoms with Gasteiger partial charge in [0.25, 0.3) is 0 Å². The van der Waals surface area contributed by atoms with Crippen LogP contribution in [0.4, 0.5) is 16.2 Å². The molecule has 1 unspecified atom stereocenters. The number of piperidine rings is 1. The molecule has 0 saturated carbocycles. The summed E-state index contributed by atoms with van der Waals surface area (Å²) < 4.78 is 5.24. The zero-order chi connectivity index (χ0) is 20.1. The molecule has 0 aromatic heterocycles. The Kier molecular flexibility index (Phi) is 6.20. The number of para-hydroxylation sites is 1. The van der Waals surface area contributed by atoms with Gasteiger partial charge in [0.2, 0.25) is 0 Å². The van der Waals surface area contributed by atoms with Gasteiger partial charge >= 0.3 is 6.03 Å². The van der Waals surface area contributed by atoms with Gasteiger partial charge in [-0.2, -0.15) is 0 Å². The molecule has 6 heteroatoms. The highest BCUT2D eigenvalue weighted by molar-refractivity contribution is 5.89. The fraction of sp³-hybridized carbons (Fsp3) is 0.435. The number of carbonyl (C=O) groups is 1. The maximum atomic E-state index is 12.8. The summed E-state index contributed by atoms with van der Waals surface area (Å²) in [6.45, 7) is 5.78. The Labute approximate surface area is 173 Å². The van der Waals surface area contributed by atoms with Crippen molar-refractivity contribution in [2.45, 2.75) is 18.9 Å². The van der Waals surface area contributed by atoms with E-state index in [9.17, 15) is 4.79 Å². The Bertz CT molecular complexity index is 806. The van der Waals surface area contributed by atoms with E-state index in [1.165, 1.54) is 5.69 Å². The van der Waals surface area contributed by atoms with Crippen LogP contribution in [0.1, 0.15) is 12.8 Å². The fourth-order valence-electron chi connectivity index (χ4n) is 4.32. The number of ether oxygens (including phenoxy) is 1. The first-order valence-corrected chi connectivity index (χ1v) is 10.5. The van der Waals surface area contributed by atoms with Crippen LogP contribution < -0.4 is 15.0 Å². The van der Waals surface area contributed by atoms with E-state index in [2.05, 4.69) is 45.4 Å². The minimum absolute atomic E-state index is 0.0223. The monoisotopic (exact) mass is 394 g/mol. The van der Waals surface area contributed by atoms with Crippen LogP contribution in [-0.2, 0) is 0 Å². The average Bonchev–Trinajstić information content (AvgIpc) is 2.80. The molecule has 2 amide bonds. The second kappa shape index (κ2) is 9.18. The Morgan fingerprint density at radius 3 is 2.55 bits per heavy atom. The smallest absolute Gasteiger partial charge is 0.321 e. The lowest BCUT2D eigenvalue weighted by molar-refractivity contribution is 0.108. The predicted molar refractivity (Wildman–Crippen MR) is 117 cm³/mol. The summed E-state index contributed by atoms with van der Waals surface area (Å²) in [5.41, 5.74) is 2.07. The Morgan fingerprint density at radius 2 is 1.79 bits per heavy atom. The molecule has 2 aliphatic rings. The maximum Gasteiger partial charge on any atom is 0.321 e. The number of carbonyl (C=O) groups excluding carboxylic acids is 1. The molecule has 0 spiro atoms. The molecule has 1 atom stereocenters. The molecule has 2 saturated heterocycles. The number of methoxy groups -OCH3 is 1. The Hall–Kier alpha value is -2.73. The Morgan fingerprint density at radius 1 is 1.00 bits per heavy atom. The molecule has 4 rings (SSSR count). The van der Waals surface area contributed by atoms with Crippen LogP contribution in [0, 0.1) is 0 Å². The number of benzene rings is 2. The molecule has 0 bridgehead atoms. The number of nitrogens with one attached hydrogen (secondary N) is 1. The van der Waals surface area contributed by atoms with Gasteiger partial charge in [-0.1, -0.05) is 24.3 Å². The lowest BCUT2D eigenvalue weighted by Crippen LogP contribution is -2.56. The molecule has 2 aromatic rings.